The van der Waals surface area contributed by atoms with E-state index in [-0.39, 0.29) is 17.7 Å². The summed E-state index contributed by atoms with van der Waals surface area (Å²) >= 11 is 12.0. The zero-order valence-corrected chi connectivity index (χ0v) is 17.2. The third kappa shape index (κ3) is 5.62. The molecule has 0 saturated heterocycles. The van der Waals surface area contributed by atoms with Crippen LogP contribution in [0, 0.1) is 0 Å². The van der Waals surface area contributed by atoms with E-state index in [4.69, 9.17) is 27.6 Å². The van der Waals surface area contributed by atoms with Gasteiger partial charge in [0, 0.05) is 6.42 Å². The number of furan rings is 1. The fourth-order valence-electron chi connectivity index (χ4n) is 2.88. The highest BCUT2D eigenvalue weighted by Crippen LogP contribution is 2.25. The first-order valence-electron chi connectivity index (χ1n) is 9.07. The molecule has 0 aliphatic rings. The highest BCUT2D eigenvalue weighted by molar-refractivity contribution is 6.42. The first-order valence-corrected chi connectivity index (χ1v) is 9.83. The second kappa shape index (κ2) is 9.63. The summed E-state index contributed by atoms with van der Waals surface area (Å²) in [5, 5.41) is 6.54. The Bertz CT molecular complexity index is 975. The maximum Gasteiger partial charge on any atom is 0.287 e. The first-order chi connectivity index (χ1) is 13.9. The minimum Gasteiger partial charge on any atom is -0.459 e. The summed E-state index contributed by atoms with van der Waals surface area (Å²) in [6.07, 6.45) is 1.75. The minimum atomic E-state index is -0.778. The zero-order valence-electron chi connectivity index (χ0n) is 15.7. The molecule has 1 heterocycles. The van der Waals surface area contributed by atoms with Gasteiger partial charge in [0.1, 0.15) is 6.04 Å². The van der Waals surface area contributed by atoms with Crippen LogP contribution >= 0.6 is 23.2 Å². The van der Waals surface area contributed by atoms with Gasteiger partial charge in [-0.05, 0) is 42.3 Å². The Hall–Kier alpha value is -2.76. The highest BCUT2D eigenvalue weighted by atomic mass is 35.5. The molecule has 2 N–H and O–H groups in total. The van der Waals surface area contributed by atoms with E-state index >= 15 is 0 Å². The summed E-state index contributed by atoms with van der Waals surface area (Å²) in [5.74, 6) is -0.617. The van der Waals surface area contributed by atoms with E-state index in [0.717, 1.165) is 11.1 Å². The lowest BCUT2D eigenvalue weighted by Gasteiger charge is -2.22. The molecule has 2 unspecified atom stereocenters. The molecule has 1 aromatic heterocycles. The molecule has 2 amide bonds. The van der Waals surface area contributed by atoms with Crippen LogP contribution in [0.5, 0.6) is 0 Å². The predicted molar refractivity (Wildman–Crippen MR) is 113 cm³/mol. The number of halogens is 2. The van der Waals surface area contributed by atoms with Crippen molar-refractivity contribution in [3.05, 3.63) is 93.9 Å². The predicted octanol–water partition coefficient (Wildman–Crippen LogP) is 4.80. The molecule has 0 fully saturated rings. The molecule has 29 heavy (non-hydrogen) atoms. The highest BCUT2D eigenvalue weighted by Gasteiger charge is 2.24. The lowest BCUT2D eigenvalue weighted by molar-refractivity contribution is -0.123. The zero-order chi connectivity index (χ0) is 20.8. The maximum atomic E-state index is 13.0. The summed E-state index contributed by atoms with van der Waals surface area (Å²) in [6, 6.07) is 16.7. The third-order valence-electron chi connectivity index (χ3n) is 4.45. The van der Waals surface area contributed by atoms with Crippen molar-refractivity contribution in [1.82, 2.24) is 10.6 Å². The van der Waals surface area contributed by atoms with Gasteiger partial charge in [-0.25, -0.2) is 0 Å². The van der Waals surface area contributed by atoms with Gasteiger partial charge >= 0.3 is 0 Å². The van der Waals surface area contributed by atoms with Crippen molar-refractivity contribution in [2.75, 3.05) is 0 Å². The molecular formula is C22H20Cl2N2O3. The van der Waals surface area contributed by atoms with E-state index < -0.39 is 11.9 Å². The van der Waals surface area contributed by atoms with Crippen LogP contribution in [0.1, 0.15) is 34.6 Å². The maximum absolute atomic E-state index is 13.0. The molecule has 2 atom stereocenters. The second-order valence-electron chi connectivity index (χ2n) is 6.60. The molecule has 0 bridgehead atoms. The molecule has 0 aliphatic carbocycles. The van der Waals surface area contributed by atoms with Gasteiger partial charge in [-0.2, -0.15) is 0 Å². The van der Waals surface area contributed by atoms with Crippen molar-refractivity contribution >= 4 is 35.0 Å². The van der Waals surface area contributed by atoms with E-state index in [1.807, 2.05) is 37.3 Å². The summed E-state index contributed by atoms with van der Waals surface area (Å²) in [7, 11) is 0. The Balaban J connectivity index is 1.75. The molecule has 0 aliphatic heterocycles. The number of carbonyl (C=O) groups excluding carboxylic acids is 2. The molecule has 0 spiro atoms. The molecule has 2 aromatic carbocycles. The van der Waals surface area contributed by atoms with Gasteiger partial charge in [-0.15, -0.1) is 0 Å². The summed E-state index contributed by atoms with van der Waals surface area (Å²) in [5.41, 5.74) is 1.73. The molecule has 0 saturated carbocycles. The number of benzene rings is 2. The molecular weight excluding hydrogens is 411 g/mol. The lowest BCUT2D eigenvalue weighted by Crippen LogP contribution is -2.48. The Kier molecular flexibility index (Phi) is 6.96. The number of carbonyl (C=O) groups is 2. The molecule has 7 heteroatoms. The van der Waals surface area contributed by atoms with Crippen molar-refractivity contribution in [2.24, 2.45) is 0 Å². The SMILES string of the molecule is CC(NC(=O)C(Cc1ccccc1)NC(=O)c1ccco1)c1ccc(Cl)c(Cl)c1. The molecule has 3 aromatic rings. The molecule has 150 valence electrons. The smallest absolute Gasteiger partial charge is 0.287 e. The number of hydrogen-bond acceptors (Lipinski definition) is 3. The fourth-order valence-corrected chi connectivity index (χ4v) is 3.18. The first kappa shape index (κ1) is 21.0. The van der Waals surface area contributed by atoms with E-state index in [1.54, 1.807) is 30.3 Å². The molecule has 0 radical (unpaired) electrons. The van der Waals surface area contributed by atoms with Crippen LogP contribution in [-0.4, -0.2) is 17.9 Å². The fraction of sp³-hybridized carbons (Fsp3) is 0.182. The number of amides is 2. The number of rotatable bonds is 7. The van der Waals surface area contributed by atoms with Crippen LogP contribution < -0.4 is 10.6 Å². The van der Waals surface area contributed by atoms with Crippen molar-refractivity contribution < 1.29 is 14.0 Å². The Morgan fingerprint density at radius 1 is 0.966 bits per heavy atom. The van der Waals surface area contributed by atoms with Crippen LogP contribution in [0.3, 0.4) is 0 Å². The average molecular weight is 431 g/mol. The Morgan fingerprint density at radius 2 is 1.72 bits per heavy atom. The van der Waals surface area contributed by atoms with Gasteiger partial charge in [0.2, 0.25) is 5.91 Å². The van der Waals surface area contributed by atoms with Crippen molar-refractivity contribution in [3.63, 3.8) is 0 Å². The Labute approximate surface area is 179 Å². The van der Waals surface area contributed by atoms with Crippen molar-refractivity contribution in [2.45, 2.75) is 25.4 Å². The number of nitrogens with one attached hydrogen (secondary N) is 2. The van der Waals surface area contributed by atoms with Crippen LogP contribution in [0.2, 0.25) is 10.0 Å². The quantitative estimate of drug-likeness (QED) is 0.564. The lowest BCUT2D eigenvalue weighted by atomic mass is 10.0. The van der Waals surface area contributed by atoms with E-state index in [0.29, 0.717) is 16.5 Å². The van der Waals surface area contributed by atoms with Crippen molar-refractivity contribution in [1.29, 1.82) is 0 Å². The van der Waals surface area contributed by atoms with Gasteiger partial charge in [0.25, 0.3) is 5.91 Å². The van der Waals surface area contributed by atoms with Gasteiger partial charge in [-0.3, -0.25) is 9.59 Å². The van der Waals surface area contributed by atoms with Crippen molar-refractivity contribution in [3.8, 4) is 0 Å². The minimum absolute atomic E-state index is 0.147. The van der Waals surface area contributed by atoms with Gasteiger partial charge in [0.15, 0.2) is 5.76 Å². The third-order valence-corrected chi connectivity index (χ3v) is 5.19. The van der Waals surface area contributed by atoms with Crippen LogP contribution in [-0.2, 0) is 11.2 Å². The van der Waals surface area contributed by atoms with E-state index in [2.05, 4.69) is 10.6 Å². The van der Waals surface area contributed by atoms with Crippen LogP contribution in [0.15, 0.2) is 71.3 Å². The molecule has 5 nitrogen and oxygen atoms in total. The summed E-state index contributed by atoms with van der Waals surface area (Å²) in [4.78, 5) is 25.4. The van der Waals surface area contributed by atoms with Crippen LogP contribution in [0.4, 0.5) is 0 Å². The summed E-state index contributed by atoms with van der Waals surface area (Å²) in [6.45, 7) is 1.84. The topological polar surface area (TPSA) is 71.3 Å². The Morgan fingerprint density at radius 3 is 2.38 bits per heavy atom. The largest absolute Gasteiger partial charge is 0.459 e. The normalized spacial score (nSPS) is 12.8. The van der Waals surface area contributed by atoms with Crippen LogP contribution in [0.25, 0.3) is 0 Å². The monoisotopic (exact) mass is 430 g/mol. The second-order valence-corrected chi connectivity index (χ2v) is 7.41. The molecule has 3 rings (SSSR count). The number of hydrogen-bond donors (Lipinski definition) is 2. The summed E-state index contributed by atoms with van der Waals surface area (Å²) < 4.78 is 5.13. The van der Waals surface area contributed by atoms with E-state index in [1.165, 1.54) is 6.26 Å². The standard InChI is InChI=1S/C22H20Cl2N2O3/c1-14(16-9-10-17(23)18(24)13-16)25-21(27)19(12-15-6-3-2-4-7-15)26-22(28)20-8-5-11-29-20/h2-11,13-14,19H,12H2,1H3,(H,25,27)(H,26,28). The average Bonchev–Trinajstić information content (AvgIpc) is 3.25. The van der Waals surface area contributed by atoms with Gasteiger partial charge in [0.05, 0.1) is 22.4 Å². The van der Waals surface area contributed by atoms with Gasteiger partial charge < -0.3 is 15.1 Å². The van der Waals surface area contributed by atoms with Gasteiger partial charge in [-0.1, -0.05) is 59.6 Å². The van der Waals surface area contributed by atoms with E-state index in [9.17, 15) is 9.59 Å².